The van der Waals surface area contributed by atoms with Gasteiger partial charge in [-0.3, -0.25) is 9.59 Å². The average molecular weight is 272 g/mol. The van der Waals surface area contributed by atoms with Gasteiger partial charge in [-0.05, 0) is 31.1 Å². The second-order valence-corrected chi connectivity index (χ2v) is 5.90. The molecule has 0 bridgehead atoms. The Morgan fingerprint density at radius 2 is 1.21 bits per heavy atom. The normalized spacial score (nSPS) is 15.9. The first-order valence-corrected chi connectivity index (χ1v) is 7.10. The summed E-state index contributed by atoms with van der Waals surface area (Å²) in [6.07, 6.45) is 1.59. The maximum Gasteiger partial charge on any atom is 0.311 e. The van der Waals surface area contributed by atoms with Gasteiger partial charge in [-0.15, -0.1) is 0 Å². The number of hydrogen-bond donors (Lipinski definition) is 2. The highest BCUT2D eigenvalue weighted by atomic mass is 16.4. The molecule has 0 heterocycles. The van der Waals surface area contributed by atoms with Gasteiger partial charge in [0.2, 0.25) is 0 Å². The Balaban J connectivity index is 6.42. The number of carbonyl (C=O) groups is 2. The zero-order chi connectivity index (χ0) is 15.5. The molecule has 0 fully saturated rings. The third-order valence-electron chi connectivity index (χ3n) is 5.37. The monoisotopic (exact) mass is 272 g/mol. The van der Waals surface area contributed by atoms with Gasteiger partial charge in [0.1, 0.15) is 0 Å². The summed E-state index contributed by atoms with van der Waals surface area (Å²) < 4.78 is 0. The third-order valence-corrected chi connectivity index (χ3v) is 5.37. The molecule has 0 aromatic heterocycles. The van der Waals surface area contributed by atoms with Crippen LogP contribution in [-0.2, 0) is 9.59 Å². The van der Waals surface area contributed by atoms with Crippen molar-refractivity contribution in [3.05, 3.63) is 0 Å². The van der Waals surface area contributed by atoms with E-state index in [-0.39, 0.29) is 0 Å². The summed E-state index contributed by atoms with van der Waals surface area (Å²) in [5.74, 6) is -1.99. The predicted octanol–water partition coefficient (Wildman–Crippen LogP) is 3.79. The highest BCUT2D eigenvalue weighted by Gasteiger charge is 2.64. The Labute approximate surface area is 116 Å². The summed E-state index contributed by atoms with van der Waals surface area (Å²) >= 11 is 0. The molecule has 1 atom stereocenters. The maximum atomic E-state index is 12.1. The topological polar surface area (TPSA) is 74.6 Å². The van der Waals surface area contributed by atoms with Crippen molar-refractivity contribution in [2.24, 2.45) is 16.2 Å². The van der Waals surface area contributed by atoms with E-state index >= 15 is 0 Å². The van der Waals surface area contributed by atoms with E-state index in [1.54, 1.807) is 20.8 Å². The number of rotatable bonds is 8. The Hall–Kier alpha value is -1.06. The molecule has 2 N–H and O–H groups in total. The molecular weight excluding hydrogens is 244 g/mol. The van der Waals surface area contributed by atoms with Crippen molar-refractivity contribution >= 4 is 11.9 Å². The van der Waals surface area contributed by atoms with Gasteiger partial charge < -0.3 is 10.2 Å². The largest absolute Gasteiger partial charge is 0.481 e. The smallest absolute Gasteiger partial charge is 0.311 e. The third kappa shape index (κ3) is 2.26. The Morgan fingerprint density at radius 3 is 1.37 bits per heavy atom. The van der Waals surface area contributed by atoms with E-state index in [0.29, 0.717) is 25.7 Å². The van der Waals surface area contributed by atoms with Crippen molar-refractivity contribution in [1.82, 2.24) is 0 Å². The standard InChI is InChI=1S/C15H28O4/c1-7-13(5,6)15(10-4,12(18)19)14(8-2,9-3)11(16)17/h7-10H2,1-6H3,(H,16,17)(H,18,19). The first-order chi connectivity index (χ1) is 8.63. The molecule has 19 heavy (non-hydrogen) atoms. The minimum Gasteiger partial charge on any atom is -0.481 e. The van der Waals surface area contributed by atoms with Crippen LogP contribution >= 0.6 is 0 Å². The van der Waals surface area contributed by atoms with Crippen molar-refractivity contribution in [2.75, 3.05) is 0 Å². The number of hydrogen-bond acceptors (Lipinski definition) is 2. The number of aliphatic carboxylic acids is 2. The van der Waals surface area contributed by atoms with Crippen molar-refractivity contribution in [2.45, 2.75) is 67.2 Å². The van der Waals surface area contributed by atoms with Crippen LogP contribution in [0.2, 0.25) is 0 Å². The minimum absolute atomic E-state index is 0.317. The fourth-order valence-corrected chi connectivity index (χ4v) is 3.75. The van der Waals surface area contributed by atoms with E-state index in [2.05, 4.69) is 0 Å². The molecule has 4 heteroatoms. The van der Waals surface area contributed by atoms with Gasteiger partial charge in [0, 0.05) is 0 Å². The summed E-state index contributed by atoms with van der Waals surface area (Å²) in [4.78, 5) is 24.0. The van der Waals surface area contributed by atoms with Crippen LogP contribution in [0.5, 0.6) is 0 Å². The van der Waals surface area contributed by atoms with Gasteiger partial charge in [0.05, 0.1) is 10.8 Å². The Morgan fingerprint density at radius 1 is 0.789 bits per heavy atom. The molecule has 0 saturated heterocycles. The van der Waals surface area contributed by atoms with Crippen molar-refractivity contribution in [3.8, 4) is 0 Å². The molecule has 0 aliphatic carbocycles. The number of carboxylic acid groups (broad SMARTS) is 2. The van der Waals surface area contributed by atoms with E-state index in [1.807, 2.05) is 20.8 Å². The Bertz CT molecular complexity index is 342. The van der Waals surface area contributed by atoms with Gasteiger partial charge in [-0.1, -0.05) is 41.5 Å². The molecule has 0 amide bonds. The zero-order valence-electron chi connectivity index (χ0n) is 13.0. The predicted molar refractivity (Wildman–Crippen MR) is 75.1 cm³/mol. The van der Waals surface area contributed by atoms with Crippen LogP contribution in [0.15, 0.2) is 0 Å². The highest BCUT2D eigenvalue weighted by Crippen LogP contribution is 2.59. The van der Waals surface area contributed by atoms with Crippen LogP contribution in [0.1, 0.15) is 67.2 Å². The van der Waals surface area contributed by atoms with Crippen LogP contribution in [0.3, 0.4) is 0 Å². The highest BCUT2D eigenvalue weighted by molar-refractivity contribution is 5.87. The van der Waals surface area contributed by atoms with Crippen LogP contribution in [0.25, 0.3) is 0 Å². The molecule has 1 unspecified atom stereocenters. The van der Waals surface area contributed by atoms with E-state index in [1.165, 1.54) is 0 Å². The van der Waals surface area contributed by atoms with Crippen LogP contribution in [-0.4, -0.2) is 22.2 Å². The zero-order valence-corrected chi connectivity index (χ0v) is 13.0. The molecule has 0 aromatic rings. The van der Waals surface area contributed by atoms with Crippen molar-refractivity contribution in [1.29, 1.82) is 0 Å². The van der Waals surface area contributed by atoms with Crippen LogP contribution < -0.4 is 0 Å². The van der Waals surface area contributed by atoms with Crippen LogP contribution in [0.4, 0.5) is 0 Å². The first-order valence-electron chi connectivity index (χ1n) is 7.10. The molecule has 0 aliphatic rings. The van der Waals surface area contributed by atoms with Gasteiger partial charge >= 0.3 is 11.9 Å². The van der Waals surface area contributed by atoms with E-state index in [0.717, 1.165) is 0 Å². The summed E-state index contributed by atoms with van der Waals surface area (Å²) in [6, 6.07) is 0. The number of carboxylic acids is 2. The van der Waals surface area contributed by atoms with Gasteiger partial charge in [0.15, 0.2) is 0 Å². The van der Waals surface area contributed by atoms with E-state index < -0.39 is 28.2 Å². The maximum absolute atomic E-state index is 12.1. The van der Waals surface area contributed by atoms with E-state index in [4.69, 9.17) is 0 Å². The SMILES string of the molecule is CCC(C)(C)C(CC)(C(=O)O)C(CC)(CC)C(=O)O. The summed E-state index contributed by atoms with van der Waals surface area (Å²) in [5, 5.41) is 19.6. The quantitative estimate of drug-likeness (QED) is 0.705. The minimum atomic E-state index is -1.26. The lowest BCUT2D eigenvalue weighted by molar-refractivity contribution is -0.191. The first kappa shape index (κ1) is 17.9. The molecule has 4 nitrogen and oxygen atoms in total. The molecule has 0 spiro atoms. The molecule has 0 aliphatic heterocycles. The van der Waals surface area contributed by atoms with Gasteiger partial charge in [-0.2, -0.15) is 0 Å². The average Bonchev–Trinajstić information content (AvgIpc) is 2.34. The van der Waals surface area contributed by atoms with Crippen molar-refractivity contribution in [3.63, 3.8) is 0 Å². The van der Waals surface area contributed by atoms with Crippen molar-refractivity contribution < 1.29 is 19.8 Å². The molecule has 0 rings (SSSR count). The summed E-state index contributed by atoms with van der Waals surface area (Å²) in [5.41, 5.74) is -3.07. The van der Waals surface area contributed by atoms with Crippen LogP contribution in [0, 0.1) is 16.2 Å². The van der Waals surface area contributed by atoms with E-state index in [9.17, 15) is 19.8 Å². The fraction of sp³-hybridized carbons (Fsp3) is 0.867. The van der Waals surface area contributed by atoms with Gasteiger partial charge in [0.25, 0.3) is 0 Å². The molecule has 0 saturated carbocycles. The molecule has 112 valence electrons. The van der Waals surface area contributed by atoms with Gasteiger partial charge in [-0.25, -0.2) is 0 Å². The Kier molecular flexibility index (Phi) is 5.60. The lowest BCUT2D eigenvalue weighted by atomic mass is 9.48. The molecule has 0 radical (unpaired) electrons. The second kappa shape index (κ2) is 5.93. The molecular formula is C15H28O4. The molecule has 0 aromatic carbocycles. The summed E-state index contributed by atoms with van der Waals surface area (Å²) in [7, 11) is 0. The lowest BCUT2D eigenvalue weighted by Gasteiger charge is -2.53. The summed E-state index contributed by atoms with van der Waals surface area (Å²) in [6.45, 7) is 11.0. The lowest BCUT2D eigenvalue weighted by Crippen LogP contribution is -2.59. The fourth-order valence-electron chi connectivity index (χ4n) is 3.75. The second-order valence-electron chi connectivity index (χ2n) is 5.90.